The summed E-state index contributed by atoms with van der Waals surface area (Å²) in [6.07, 6.45) is 3.02. The van der Waals surface area contributed by atoms with Crippen LogP contribution in [-0.4, -0.2) is 25.8 Å². The van der Waals surface area contributed by atoms with E-state index in [9.17, 15) is 3.89 Å². The number of hydrogen-bond acceptors (Lipinski definition) is 1. The van der Waals surface area contributed by atoms with Crippen LogP contribution in [0.25, 0.3) is 5.57 Å². The fraction of sp³-hybridized carbons (Fsp3) is 0.231. The minimum atomic E-state index is 0.335. The van der Waals surface area contributed by atoms with Gasteiger partial charge in [0.1, 0.15) is 0 Å². The number of halogens is 1. The van der Waals surface area contributed by atoms with Crippen LogP contribution in [0, 0.1) is 0 Å². The van der Waals surface area contributed by atoms with E-state index in [1.807, 2.05) is 32.0 Å². The van der Waals surface area contributed by atoms with Crippen LogP contribution in [0.1, 0.15) is 25.0 Å². The Balaban J connectivity index is 0.000000606. The molecule has 0 saturated carbocycles. The number of allylic oxidation sites excluding steroid dienone is 3. The minimum absolute atomic E-state index is 0.335. The van der Waals surface area contributed by atoms with Crippen LogP contribution in [0.2, 0.25) is 0 Å². The summed E-state index contributed by atoms with van der Waals surface area (Å²) in [4.78, 5) is 0.741. The molecule has 0 spiro atoms. The molecule has 0 unspecified atom stereocenters. The molecule has 3 heteroatoms. The summed E-state index contributed by atoms with van der Waals surface area (Å²) in [5, 5.41) is 0. The number of hydrogen-bond donors (Lipinski definition) is 0. The summed E-state index contributed by atoms with van der Waals surface area (Å²) in [5.74, 6) is 0. The summed E-state index contributed by atoms with van der Waals surface area (Å²) in [7, 11) is 0. The first kappa shape index (κ1) is 14.0. The summed E-state index contributed by atoms with van der Waals surface area (Å²) in [6, 6.07) is 5.73. The van der Waals surface area contributed by atoms with Gasteiger partial charge in [0, 0.05) is 0 Å². The van der Waals surface area contributed by atoms with Crippen LogP contribution in [-0.2, 0) is 6.42 Å². The van der Waals surface area contributed by atoms with Crippen molar-refractivity contribution in [1.82, 2.24) is 0 Å². The molecule has 1 aliphatic rings. The van der Waals surface area contributed by atoms with Gasteiger partial charge in [-0.15, -0.1) is 0 Å². The Morgan fingerprint density at radius 2 is 2.06 bits per heavy atom. The van der Waals surface area contributed by atoms with Crippen LogP contribution in [0.15, 0.2) is 38.9 Å². The van der Waals surface area contributed by atoms with E-state index in [0.29, 0.717) is 12.1 Å². The Hall–Kier alpha value is -0.0979. The predicted molar refractivity (Wildman–Crippen MR) is 71.3 cm³/mol. The van der Waals surface area contributed by atoms with Crippen LogP contribution in [0.4, 0.5) is 3.89 Å². The molecule has 0 fully saturated rings. The Morgan fingerprint density at radius 1 is 1.38 bits per heavy atom. The number of benzene rings is 1. The van der Waals surface area contributed by atoms with Crippen LogP contribution in [0.3, 0.4) is 0 Å². The molecule has 0 aliphatic heterocycles. The molecule has 83 valence electrons. The Kier molecular flexibility index (Phi) is 5.75. The number of rotatable bonds is 1. The maximum absolute atomic E-state index is 12.6. The van der Waals surface area contributed by atoms with E-state index in [4.69, 9.17) is 0 Å². The van der Waals surface area contributed by atoms with Crippen LogP contribution >= 0.6 is 12.1 Å². The van der Waals surface area contributed by atoms with Gasteiger partial charge in [-0.3, -0.25) is 0 Å². The first-order chi connectivity index (χ1) is 7.72. The van der Waals surface area contributed by atoms with E-state index in [0.717, 1.165) is 53.8 Å². The van der Waals surface area contributed by atoms with Crippen molar-refractivity contribution in [1.29, 1.82) is 0 Å². The van der Waals surface area contributed by atoms with Gasteiger partial charge in [-0.1, -0.05) is 13.8 Å². The molecule has 0 N–H and O–H groups in total. The second-order valence-corrected chi connectivity index (χ2v) is 6.32. The summed E-state index contributed by atoms with van der Waals surface area (Å²) in [5.41, 5.74) is 3.23. The van der Waals surface area contributed by atoms with Crippen molar-refractivity contribution >= 4 is 43.5 Å². The van der Waals surface area contributed by atoms with Crippen LogP contribution < -0.4 is 0 Å². The predicted octanol–water partition coefficient (Wildman–Crippen LogP) is 4.31. The first-order valence-corrected chi connectivity index (χ1v) is 7.90. The van der Waals surface area contributed by atoms with Gasteiger partial charge in [0.25, 0.3) is 0 Å². The van der Waals surface area contributed by atoms with E-state index in [2.05, 4.69) is 12.7 Å². The van der Waals surface area contributed by atoms with Gasteiger partial charge in [-0.05, 0) is 0 Å². The van der Waals surface area contributed by atoms with Gasteiger partial charge in [-0.25, -0.2) is 0 Å². The SMILES string of the molecule is C=C1C=[C]([Pb])Cc2c(SF)cccc21.CC. The Labute approximate surface area is 117 Å². The van der Waals surface area contributed by atoms with Crippen molar-refractivity contribution in [2.45, 2.75) is 25.2 Å². The monoisotopic (exact) mass is 429 g/mol. The van der Waals surface area contributed by atoms with Crippen molar-refractivity contribution in [2.24, 2.45) is 0 Å². The topological polar surface area (TPSA) is 0 Å². The zero-order chi connectivity index (χ0) is 12.1. The van der Waals surface area contributed by atoms with Crippen molar-refractivity contribution in [3.63, 3.8) is 0 Å². The fourth-order valence-electron chi connectivity index (χ4n) is 1.65. The molecule has 0 saturated heterocycles. The average molecular weight is 429 g/mol. The molecule has 16 heavy (non-hydrogen) atoms. The summed E-state index contributed by atoms with van der Waals surface area (Å²) >= 11 is 1.36. The van der Waals surface area contributed by atoms with E-state index in [1.165, 1.54) is 3.13 Å². The molecular formula is C13H14FPbS. The molecule has 2 rings (SSSR count). The van der Waals surface area contributed by atoms with Gasteiger partial charge < -0.3 is 0 Å². The molecule has 1 aromatic carbocycles. The van der Waals surface area contributed by atoms with Gasteiger partial charge in [0.05, 0.1) is 0 Å². The molecule has 0 bridgehead atoms. The third kappa shape index (κ3) is 2.97. The molecular weight excluding hydrogens is 414 g/mol. The van der Waals surface area contributed by atoms with E-state index in [1.54, 1.807) is 0 Å². The quantitative estimate of drug-likeness (QED) is 0.601. The Bertz CT molecular complexity index is 424. The average Bonchev–Trinajstić information content (AvgIpc) is 2.31. The third-order valence-electron chi connectivity index (χ3n) is 2.28. The maximum Gasteiger partial charge on any atom is -0.0683 e. The van der Waals surface area contributed by atoms with E-state index >= 15 is 0 Å². The molecule has 0 amide bonds. The molecule has 1 aliphatic carbocycles. The Morgan fingerprint density at radius 3 is 2.69 bits per heavy atom. The second-order valence-electron chi connectivity index (χ2n) is 3.23. The second kappa shape index (κ2) is 6.59. The van der Waals surface area contributed by atoms with Gasteiger partial charge in [0.2, 0.25) is 0 Å². The maximum atomic E-state index is 12.6. The molecule has 1 aromatic rings. The summed E-state index contributed by atoms with van der Waals surface area (Å²) < 4.78 is 14.0. The van der Waals surface area contributed by atoms with Crippen molar-refractivity contribution < 1.29 is 3.89 Å². The third-order valence-corrected chi connectivity index (χ3v) is 4.07. The standard InChI is InChI=1S/C11H8FS.C2H6.Pb/c1-8-4-2-6-10-9(8)5-3-7-11(10)13-12;1-2;/h3-5,7H,1,6H2;1-2H3;. The van der Waals surface area contributed by atoms with Gasteiger partial charge in [-0.2, -0.15) is 0 Å². The zero-order valence-corrected chi connectivity index (χ0v) is 14.2. The minimum Gasteiger partial charge on any atom is -0.0683 e. The van der Waals surface area contributed by atoms with E-state index in [-0.39, 0.29) is 0 Å². The number of fused-ring (bicyclic) bond motifs is 1. The van der Waals surface area contributed by atoms with Crippen LogP contribution in [0.5, 0.6) is 0 Å². The first-order valence-electron chi connectivity index (χ1n) is 5.24. The van der Waals surface area contributed by atoms with Gasteiger partial charge >= 0.3 is 104 Å². The molecule has 0 nitrogen and oxygen atoms in total. The molecule has 0 heterocycles. The van der Waals surface area contributed by atoms with Crippen molar-refractivity contribution in [2.75, 3.05) is 0 Å². The van der Waals surface area contributed by atoms with E-state index < -0.39 is 0 Å². The van der Waals surface area contributed by atoms with Crippen molar-refractivity contribution in [3.05, 3.63) is 45.1 Å². The smallest absolute Gasteiger partial charge is 0.0683 e. The molecule has 0 atom stereocenters. The fourth-order valence-corrected chi connectivity index (χ4v) is 3.42. The van der Waals surface area contributed by atoms with Crippen molar-refractivity contribution in [3.8, 4) is 0 Å². The zero-order valence-electron chi connectivity index (χ0n) is 9.51. The normalized spacial score (nSPS) is 13.5. The molecule has 3 radical (unpaired) electrons. The summed E-state index contributed by atoms with van der Waals surface area (Å²) in [6.45, 7) is 8.00. The largest absolute Gasteiger partial charge is 0.0683 e. The van der Waals surface area contributed by atoms with Gasteiger partial charge in [0.15, 0.2) is 0 Å². The molecule has 0 aromatic heterocycles.